The van der Waals surface area contributed by atoms with Crippen molar-refractivity contribution >= 4 is 32.8 Å². The fourth-order valence-electron chi connectivity index (χ4n) is 3.55. The molecule has 3 heterocycles. The maximum Gasteiger partial charge on any atom is 0.164 e. The summed E-state index contributed by atoms with van der Waals surface area (Å²) >= 11 is 3.53. The predicted molar refractivity (Wildman–Crippen MR) is 102 cm³/mol. The van der Waals surface area contributed by atoms with Crippen molar-refractivity contribution in [2.45, 2.75) is 19.5 Å². The normalized spacial score (nSPS) is 21.1. The Hall–Kier alpha value is -1.99. The number of fused-ring (bicyclic) bond motifs is 1. The SMILES string of the molecule is CC1CN(Cc2ccccc2)CC1Nc1ncnc2c1c(Br)nn2C. The van der Waals surface area contributed by atoms with Crippen molar-refractivity contribution in [3.8, 4) is 0 Å². The van der Waals surface area contributed by atoms with Gasteiger partial charge in [0.05, 0.1) is 5.39 Å². The second-order valence-corrected chi connectivity index (χ2v) is 7.49. The molecule has 2 unspecified atom stereocenters. The summed E-state index contributed by atoms with van der Waals surface area (Å²) in [7, 11) is 1.89. The summed E-state index contributed by atoms with van der Waals surface area (Å²) in [6.07, 6.45) is 1.60. The van der Waals surface area contributed by atoms with E-state index in [0.717, 1.165) is 41.1 Å². The van der Waals surface area contributed by atoms with Crippen molar-refractivity contribution in [3.05, 3.63) is 46.8 Å². The molecule has 0 amide bonds. The second kappa shape index (κ2) is 6.72. The number of anilines is 1. The summed E-state index contributed by atoms with van der Waals surface area (Å²) in [6, 6.07) is 11.0. The lowest BCUT2D eigenvalue weighted by Crippen LogP contribution is -2.28. The Morgan fingerprint density at radius 3 is 2.80 bits per heavy atom. The van der Waals surface area contributed by atoms with Crippen LogP contribution in [-0.2, 0) is 13.6 Å². The first-order valence-electron chi connectivity index (χ1n) is 8.48. The van der Waals surface area contributed by atoms with Gasteiger partial charge in [-0.25, -0.2) is 14.6 Å². The lowest BCUT2D eigenvalue weighted by molar-refractivity contribution is 0.319. The van der Waals surface area contributed by atoms with Crippen LogP contribution in [0, 0.1) is 5.92 Å². The summed E-state index contributed by atoms with van der Waals surface area (Å²) in [5.74, 6) is 1.40. The van der Waals surface area contributed by atoms with Gasteiger partial charge in [0.1, 0.15) is 16.7 Å². The molecule has 1 aliphatic heterocycles. The van der Waals surface area contributed by atoms with Gasteiger partial charge in [-0.05, 0) is 27.4 Å². The number of hydrogen-bond acceptors (Lipinski definition) is 5. The molecule has 0 aliphatic carbocycles. The van der Waals surface area contributed by atoms with Gasteiger partial charge in [0.2, 0.25) is 0 Å². The standard InChI is InChI=1S/C18H21BrN6/c1-12-8-25(9-13-6-4-3-5-7-13)10-14(12)22-17-15-16(19)23-24(2)18(15)21-11-20-17/h3-7,11-12,14H,8-10H2,1-2H3,(H,20,21,22). The van der Waals surface area contributed by atoms with E-state index in [-0.39, 0.29) is 0 Å². The highest BCUT2D eigenvalue weighted by Gasteiger charge is 2.30. The average molecular weight is 401 g/mol. The highest BCUT2D eigenvalue weighted by atomic mass is 79.9. The molecule has 0 radical (unpaired) electrons. The van der Waals surface area contributed by atoms with Crippen LogP contribution in [0.25, 0.3) is 11.0 Å². The van der Waals surface area contributed by atoms with E-state index in [4.69, 9.17) is 0 Å². The van der Waals surface area contributed by atoms with Gasteiger partial charge in [0.25, 0.3) is 0 Å². The summed E-state index contributed by atoms with van der Waals surface area (Å²) in [5, 5.41) is 8.97. The smallest absolute Gasteiger partial charge is 0.164 e. The number of rotatable bonds is 4. The van der Waals surface area contributed by atoms with E-state index in [1.165, 1.54) is 5.56 Å². The lowest BCUT2D eigenvalue weighted by Gasteiger charge is -2.18. The largest absolute Gasteiger partial charge is 0.365 e. The highest BCUT2D eigenvalue weighted by molar-refractivity contribution is 9.10. The number of benzene rings is 1. The molecule has 130 valence electrons. The van der Waals surface area contributed by atoms with Crippen LogP contribution in [0.5, 0.6) is 0 Å². The molecule has 1 aliphatic rings. The number of nitrogens with zero attached hydrogens (tertiary/aromatic N) is 5. The Balaban J connectivity index is 1.52. The van der Waals surface area contributed by atoms with Crippen LogP contribution in [0.3, 0.4) is 0 Å². The number of aromatic nitrogens is 4. The fourth-order valence-corrected chi connectivity index (χ4v) is 4.15. The molecule has 0 spiro atoms. The molecule has 3 aromatic rings. The van der Waals surface area contributed by atoms with E-state index < -0.39 is 0 Å². The first-order chi connectivity index (χ1) is 12.1. The lowest BCUT2D eigenvalue weighted by atomic mass is 10.1. The van der Waals surface area contributed by atoms with Gasteiger partial charge in [0, 0.05) is 32.7 Å². The summed E-state index contributed by atoms with van der Waals surface area (Å²) in [5.41, 5.74) is 2.19. The van der Waals surface area contributed by atoms with Crippen LogP contribution in [0.1, 0.15) is 12.5 Å². The van der Waals surface area contributed by atoms with E-state index in [9.17, 15) is 0 Å². The Kier molecular flexibility index (Phi) is 4.43. The van der Waals surface area contributed by atoms with Crippen LogP contribution in [-0.4, -0.2) is 43.8 Å². The van der Waals surface area contributed by atoms with Crippen molar-refractivity contribution in [2.24, 2.45) is 13.0 Å². The monoisotopic (exact) mass is 400 g/mol. The van der Waals surface area contributed by atoms with E-state index in [2.05, 4.69) is 78.5 Å². The Morgan fingerprint density at radius 2 is 2.00 bits per heavy atom. The molecule has 1 fully saturated rings. The summed E-state index contributed by atoms with van der Waals surface area (Å²) < 4.78 is 2.55. The third-order valence-electron chi connectivity index (χ3n) is 4.84. The second-order valence-electron chi connectivity index (χ2n) is 6.74. The van der Waals surface area contributed by atoms with Crippen molar-refractivity contribution < 1.29 is 0 Å². The number of aryl methyl sites for hydroxylation is 1. The van der Waals surface area contributed by atoms with Gasteiger partial charge in [-0.15, -0.1) is 0 Å². The van der Waals surface area contributed by atoms with Gasteiger partial charge in [-0.1, -0.05) is 37.3 Å². The van der Waals surface area contributed by atoms with Gasteiger partial charge in [-0.3, -0.25) is 4.90 Å². The van der Waals surface area contributed by atoms with Crippen LogP contribution < -0.4 is 5.32 Å². The van der Waals surface area contributed by atoms with Crippen molar-refractivity contribution in [1.82, 2.24) is 24.6 Å². The molecule has 0 saturated carbocycles. The van der Waals surface area contributed by atoms with Crippen molar-refractivity contribution in [2.75, 3.05) is 18.4 Å². The van der Waals surface area contributed by atoms with E-state index >= 15 is 0 Å². The van der Waals surface area contributed by atoms with Crippen LogP contribution >= 0.6 is 15.9 Å². The van der Waals surface area contributed by atoms with Crippen LogP contribution in [0.4, 0.5) is 5.82 Å². The zero-order valence-corrected chi connectivity index (χ0v) is 15.9. The average Bonchev–Trinajstić information content (AvgIpc) is 3.09. The molecule has 25 heavy (non-hydrogen) atoms. The van der Waals surface area contributed by atoms with Crippen molar-refractivity contribution in [1.29, 1.82) is 0 Å². The van der Waals surface area contributed by atoms with Gasteiger partial charge >= 0.3 is 0 Å². The summed E-state index contributed by atoms with van der Waals surface area (Å²) in [4.78, 5) is 11.3. The molecule has 7 heteroatoms. The number of hydrogen-bond donors (Lipinski definition) is 1. The van der Waals surface area contributed by atoms with Gasteiger partial charge in [-0.2, -0.15) is 5.10 Å². The molecule has 1 aromatic carbocycles. The zero-order chi connectivity index (χ0) is 17.4. The number of halogens is 1. The van der Waals surface area contributed by atoms with E-state index in [1.807, 2.05) is 7.05 Å². The molecular weight excluding hydrogens is 380 g/mol. The van der Waals surface area contributed by atoms with E-state index in [0.29, 0.717) is 12.0 Å². The molecule has 1 saturated heterocycles. The molecule has 4 rings (SSSR count). The third kappa shape index (κ3) is 3.26. The molecule has 1 N–H and O–H groups in total. The predicted octanol–water partition coefficient (Wildman–Crippen LogP) is 3.06. The Bertz CT molecular complexity index is 878. The van der Waals surface area contributed by atoms with Gasteiger partial charge in [0.15, 0.2) is 5.65 Å². The molecule has 2 atom stereocenters. The first kappa shape index (κ1) is 16.5. The van der Waals surface area contributed by atoms with Gasteiger partial charge < -0.3 is 5.32 Å². The maximum absolute atomic E-state index is 4.46. The molecular formula is C18H21BrN6. The number of likely N-dealkylation sites (tertiary alicyclic amines) is 1. The van der Waals surface area contributed by atoms with Crippen molar-refractivity contribution in [3.63, 3.8) is 0 Å². The molecule has 6 nitrogen and oxygen atoms in total. The minimum Gasteiger partial charge on any atom is -0.365 e. The highest BCUT2D eigenvalue weighted by Crippen LogP contribution is 2.29. The number of nitrogens with one attached hydrogen (secondary N) is 1. The quantitative estimate of drug-likeness (QED) is 0.728. The third-order valence-corrected chi connectivity index (χ3v) is 5.39. The first-order valence-corrected chi connectivity index (χ1v) is 9.27. The van der Waals surface area contributed by atoms with Crippen LogP contribution in [0.15, 0.2) is 41.3 Å². The molecule has 2 aromatic heterocycles. The molecule has 0 bridgehead atoms. The fraction of sp³-hybridized carbons (Fsp3) is 0.389. The topological polar surface area (TPSA) is 58.9 Å². The summed E-state index contributed by atoms with van der Waals surface area (Å²) in [6.45, 7) is 5.35. The zero-order valence-electron chi connectivity index (χ0n) is 14.4. The maximum atomic E-state index is 4.46. The Morgan fingerprint density at radius 1 is 1.20 bits per heavy atom. The minimum atomic E-state index is 0.355. The van der Waals surface area contributed by atoms with E-state index in [1.54, 1.807) is 11.0 Å². The Labute approximate surface area is 155 Å². The van der Waals surface area contributed by atoms with Crippen LogP contribution in [0.2, 0.25) is 0 Å². The minimum absolute atomic E-state index is 0.355.